The Balaban J connectivity index is 0.00000484. The van der Waals surface area contributed by atoms with Gasteiger partial charge in [-0.2, -0.15) is 11.8 Å². The van der Waals surface area contributed by atoms with Crippen LogP contribution in [0.25, 0.3) is 0 Å². The standard InChI is InChI=1S/C14H25N5OS2.HI/c1-10-11(2)22-12(18-10)8-16-14(15-6-7-21-5)17-9-13(20)19(3)4;/h6-9H2,1-5H3,(H2,15,16,17);1H. The minimum atomic E-state index is -0.0214. The molecule has 6 nitrogen and oxygen atoms in total. The number of carbonyl (C=O) groups is 1. The second-order valence-electron chi connectivity index (χ2n) is 4.98. The van der Waals surface area contributed by atoms with E-state index in [1.54, 1.807) is 37.2 Å². The first kappa shape index (κ1) is 22.4. The van der Waals surface area contributed by atoms with Crippen molar-refractivity contribution in [3.8, 4) is 0 Å². The van der Waals surface area contributed by atoms with Crippen LogP contribution in [0.15, 0.2) is 4.99 Å². The number of nitrogens with zero attached hydrogens (tertiary/aromatic N) is 3. The van der Waals surface area contributed by atoms with Crippen LogP contribution in [0.4, 0.5) is 0 Å². The summed E-state index contributed by atoms with van der Waals surface area (Å²) in [6, 6.07) is 0. The number of hydrogen-bond donors (Lipinski definition) is 2. The van der Waals surface area contributed by atoms with Gasteiger partial charge in [-0.1, -0.05) is 0 Å². The number of guanidine groups is 1. The van der Waals surface area contributed by atoms with Crippen molar-refractivity contribution < 1.29 is 4.79 Å². The molecule has 1 aromatic heterocycles. The lowest BCUT2D eigenvalue weighted by atomic mass is 10.4. The molecule has 1 rings (SSSR count). The summed E-state index contributed by atoms with van der Waals surface area (Å²) in [4.78, 5) is 23.2. The number of carbonyl (C=O) groups excluding carboxylic acids is 1. The molecule has 0 saturated carbocycles. The molecule has 0 atom stereocenters. The summed E-state index contributed by atoms with van der Waals surface area (Å²) in [7, 11) is 3.46. The van der Waals surface area contributed by atoms with E-state index < -0.39 is 0 Å². The van der Waals surface area contributed by atoms with Crippen LogP contribution in [0.1, 0.15) is 15.6 Å². The third-order valence-corrected chi connectivity index (χ3v) is 4.63. The van der Waals surface area contributed by atoms with Crippen LogP contribution in [0.5, 0.6) is 0 Å². The highest BCUT2D eigenvalue weighted by atomic mass is 127. The van der Waals surface area contributed by atoms with Crippen molar-refractivity contribution in [1.82, 2.24) is 20.5 Å². The van der Waals surface area contributed by atoms with Gasteiger partial charge in [-0.05, 0) is 20.1 Å². The van der Waals surface area contributed by atoms with Gasteiger partial charge in [0.05, 0.1) is 12.2 Å². The maximum Gasteiger partial charge on any atom is 0.243 e. The van der Waals surface area contributed by atoms with Crippen molar-refractivity contribution in [3.63, 3.8) is 0 Å². The SMILES string of the molecule is CSCCNC(=NCC(=O)N(C)C)NCc1nc(C)c(C)s1.I. The summed E-state index contributed by atoms with van der Waals surface area (Å²) < 4.78 is 0. The fourth-order valence-corrected chi connectivity index (χ4v) is 2.69. The first-order chi connectivity index (χ1) is 10.4. The average molecular weight is 471 g/mol. The zero-order valence-electron chi connectivity index (χ0n) is 14.3. The molecule has 1 heterocycles. The van der Waals surface area contributed by atoms with Gasteiger partial charge >= 0.3 is 0 Å². The molecule has 0 aliphatic heterocycles. The van der Waals surface area contributed by atoms with Gasteiger partial charge in [0.2, 0.25) is 5.91 Å². The predicted molar refractivity (Wildman–Crippen MR) is 111 cm³/mol. The van der Waals surface area contributed by atoms with Gasteiger partial charge in [0.25, 0.3) is 0 Å². The lowest BCUT2D eigenvalue weighted by molar-refractivity contribution is -0.127. The minimum absolute atomic E-state index is 0. The summed E-state index contributed by atoms with van der Waals surface area (Å²) in [5.41, 5.74) is 1.07. The van der Waals surface area contributed by atoms with Crippen LogP contribution in [0.2, 0.25) is 0 Å². The van der Waals surface area contributed by atoms with E-state index in [2.05, 4.69) is 33.8 Å². The molecule has 132 valence electrons. The van der Waals surface area contributed by atoms with Gasteiger partial charge in [0.15, 0.2) is 5.96 Å². The summed E-state index contributed by atoms with van der Waals surface area (Å²) in [6.45, 7) is 5.63. The first-order valence-corrected chi connectivity index (χ1v) is 9.29. The maximum absolute atomic E-state index is 11.6. The summed E-state index contributed by atoms with van der Waals surface area (Å²) in [5, 5.41) is 7.49. The van der Waals surface area contributed by atoms with Crippen LogP contribution in [-0.2, 0) is 11.3 Å². The van der Waals surface area contributed by atoms with E-state index >= 15 is 0 Å². The zero-order valence-corrected chi connectivity index (χ0v) is 18.3. The Labute approximate surface area is 163 Å². The Morgan fingerprint density at radius 3 is 2.57 bits per heavy atom. The van der Waals surface area contributed by atoms with Crippen molar-refractivity contribution in [2.24, 2.45) is 4.99 Å². The largest absolute Gasteiger partial charge is 0.356 e. The molecule has 0 aromatic carbocycles. The van der Waals surface area contributed by atoms with E-state index in [-0.39, 0.29) is 36.4 Å². The van der Waals surface area contributed by atoms with Crippen LogP contribution in [0, 0.1) is 13.8 Å². The number of aryl methyl sites for hydroxylation is 2. The molecule has 2 N–H and O–H groups in total. The van der Waals surface area contributed by atoms with Gasteiger partial charge in [-0.3, -0.25) is 4.79 Å². The molecular weight excluding hydrogens is 445 g/mol. The topological polar surface area (TPSA) is 69.6 Å². The normalized spacial score (nSPS) is 10.9. The fraction of sp³-hybridized carbons (Fsp3) is 0.643. The molecule has 0 aliphatic carbocycles. The fourth-order valence-electron chi connectivity index (χ4n) is 1.51. The van der Waals surface area contributed by atoms with Gasteiger partial charge in [0, 0.05) is 31.3 Å². The number of likely N-dealkylation sites (N-methyl/N-ethyl adjacent to an activating group) is 1. The van der Waals surface area contributed by atoms with E-state index in [9.17, 15) is 4.79 Å². The maximum atomic E-state index is 11.6. The van der Waals surface area contributed by atoms with Crippen LogP contribution >= 0.6 is 47.1 Å². The Bertz CT molecular complexity index is 500. The minimum Gasteiger partial charge on any atom is -0.356 e. The Morgan fingerprint density at radius 1 is 1.35 bits per heavy atom. The summed E-state index contributed by atoms with van der Waals surface area (Å²) >= 11 is 3.44. The molecule has 0 spiro atoms. The molecule has 1 aromatic rings. The van der Waals surface area contributed by atoms with E-state index in [4.69, 9.17) is 0 Å². The second kappa shape index (κ2) is 11.9. The molecule has 0 bridgehead atoms. The molecule has 23 heavy (non-hydrogen) atoms. The zero-order chi connectivity index (χ0) is 16.5. The van der Waals surface area contributed by atoms with Gasteiger partial charge in [0.1, 0.15) is 11.6 Å². The molecular formula is C14H26IN5OS2. The molecule has 9 heteroatoms. The Hall–Kier alpha value is -0.550. The van der Waals surface area contributed by atoms with E-state index in [0.29, 0.717) is 12.5 Å². The molecule has 0 saturated heterocycles. The third kappa shape index (κ3) is 8.75. The summed E-state index contributed by atoms with van der Waals surface area (Å²) in [5.74, 6) is 1.61. The Morgan fingerprint density at radius 2 is 2.04 bits per heavy atom. The number of aromatic nitrogens is 1. The first-order valence-electron chi connectivity index (χ1n) is 7.08. The monoisotopic (exact) mass is 471 g/mol. The lowest BCUT2D eigenvalue weighted by Gasteiger charge is -2.12. The number of hydrogen-bond acceptors (Lipinski definition) is 5. The number of nitrogens with one attached hydrogen (secondary N) is 2. The highest BCUT2D eigenvalue weighted by molar-refractivity contribution is 14.0. The number of aliphatic imine (C=N–C) groups is 1. The second-order valence-corrected chi connectivity index (χ2v) is 7.25. The van der Waals surface area contributed by atoms with Crippen molar-refractivity contribution in [3.05, 3.63) is 15.6 Å². The molecule has 0 radical (unpaired) electrons. The number of halogens is 1. The van der Waals surface area contributed by atoms with Gasteiger partial charge < -0.3 is 15.5 Å². The highest BCUT2D eigenvalue weighted by Crippen LogP contribution is 2.15. The van der Waals surface area contributed by atoms with Gasteiger partial charge in [-0.15, -0.1) is 35.3 Å². The van der Waals surface area contributed by atoms with Crippen LogP contribution < -0.4 is 10.6 Å². The lowest BCUT2D eigenvalue weighted by Crippen LogP contribution is -2.39. The molecule has 0 unspecified atom stereocenters. The van der Waals surface area contributed by atoms with E-state index in [1.165, 1.54) is 9.78 Å². The van der Waals surface area contributed by atoms with E-state index in [0.717, 1.165) is 23.0 Å². The predicted octanol–water partition coefficient (Wildman–Crippen LogP) is 1.86. The van der Waals surface area contributed by atoms with Crippen molar-refractivity contribution in [2.45, 2.75) is 20.4 Å². The average Bonchev–Trinajstić information content (AvgIpc) is 2.79. The number of thioether (sulfide) groups is 1. The highest BCUT2D eigenvalue weighted by Gasteiger charge is 2.07. The number of rotatable bonds is 7. The van der Waals surface area contributed by atoms with Crippen molar-refractivity contribution in [2.75, 3.05) is 39.2 Å². The van der Waals surface area contributed by atoms with E-state index in [1.807, 2.05) is 6.92 Å². The van der Waals surface area contributed by atoms with Crippen molar-refractivity contribution in [1.29, 1.82) is 0 Å². The third-order valence-electron chi connectivity index (χ3n) is 2.95. The quantitative estimate of drug-likeness (QED) is 0.275. The van der Waals surface area contributed by atoms with Gasteiger partial charge in [-0.25, -0.2) is 9.98 Å². The molecule has 1 amide bonds. The molecule has 0 aliphatic rings. The Kier molecular flexibility index (Phi) is 11.6. The number of amides is 1. The van der Waals surface area contributed by atoms with Crippen LogP contribution in [0.3, 0.4) is 0 Å². The number of thiazole rings is 1. The smallest absolute Gasteiger partial charge is 0.243 e. The summed E-state index contributed by atoms with van der Waals surface area (Å²) in [6.07, 6.45) is 2.06. The van der Waals surface area contributed by atoms with Crippen molar-refractivity contribution >= 4 is 58.9 Å². The molecule has 0 fully saturated rings. The van der Waals surface area contributed by atoms with Crippen LogP contribution in [-0.4, -0.2) is 60.9 Å².